The van der Waals surface area contributed by atoms with Crippen LogP contribution in [0.3, 0.4) is 0 Å². The lowest BCUT2D eigenvalue weighted by atomic mass is 10.2. The first-order chi connectivity index (χ1) is 8.65. The van der Waals surface area contributed by atoms with Crippen LogP contribution in [0.25, 0.3) is 11.0 Å². The molecule has 1 aromatic carbocycles. The van der Waals surface area contributed by atoms with Gasteiger partial charge in [0.15, 0.2) is 0 Å². The molecule has 0 aliphatic carbocycles. The third-order valence-electron chi connectivity index (χ3n) is 2.78. The van der Waals surface area contributed by atoms with Crippen LogP contribution < -0.4 is 5.32 Å². The quantitative estimate of drug-likeness (QED) is 0.862. The van der Waals surface area contributed by atoms with E-state index >= 15 is 0 Å². The van der Waals surface area contributed by atoms with Crippen LogP contribution in [0.15, 0.2) is 18.2 Å². The molecule has 0 radical (unpaired) electrons. The highest BCUT2D eigenvalue weighted by atomic mass is 35.5. The van der Waals surface area contributed by atoms with Crippen molar-refractivity contribution in [2.24, 2.45) is 0 Å². The van der Waals surface area contributed by atoms with Gasteiger partial charge in [-0.3, -0.25) is 4.79 Å². The molecule has 0 atom stereocenters. The Hall–Kier alpha value is -1.55. The van der Waals surface area contributed by atoms with Crippen molar-refractivity contribution in [3.63, 3.8) is 0 Å². The second kappa shape index (κ2) is 5.40. The lowest BCUT2D eigenvalue weighted by Gasteiger charge is -2.07. The van der Waals surface area contributed by atoms with Gasteiger partial charge in [-0.2, -0.15) is 0 Å². The molecule has 0 aliphatic rings. The van der Waals surface area contributed by atoms with Gasteiger partial charge < -0.3 is 9.88 Å². The Morgan fingerprint density at radius 2 is 2.28 bits per heavy atom. The van der Waals surface area contributed by atoms with E-state index in [1.165, 1.54) is 0 Å². The summed E-state index contributed by atoms with van der Waals surface area (Å²) >= 11 is 5.89. The minimum Gasteiger partial charge on any atom is -0.355 e. The maximum atomic E-state index is 11.7. The molecule has 1 aromatic heterocycles. The number of aryl methyl sites for hydroxylation is 1. The lowest BCUT2D eigenvalue weighted by Crippen LogP contribution is -2.27. The number of hydrogen-bond acceptors (Lipinski definition) is 2. The van der Waals surface area contributed by atoms with Crippen molar-refractivity contribution >= 4 is 28.5 Å². The fourth-order valence-corrected chi connectivity index (χ4v) is 2.17. The van der Waals surface area contributed by atoms with Crippen LogP contribution in [-0.4, -0.2) is 22.0 Å². The summed E-state index contributed by atoms with van der Waals surface area (Å²) in [5, 5.41) is 2.78. The summed E-state index contributed by atoms with van der Waals surface area (Å²) in [7, 11) is 0. The minimum atomic E-state index is -0.0243. The number of nitrogens with one attached hydrogen (secondary N) is 1. The number of halogens is 1. The Labute approximate surface area is 111 Å². The highest BCUT2D eigenvalue weighted by Gasteiger charge is 2.12. The van der Waals surface area contributed by atoms with Gasteiger partial charge in [-0.1, -0.05) is 6.07 Å². The van der Waals surface area contributed by atoms with E-state index in [9.17, 15) is 4.79 Å². The smallest absolute Gasteiger partial charge is 0.239 e. The average Bonchev–Trinajstić information content (AvgIpc) is 2.66. The van der Waals surface area contributed by atoms with Crippen molar-refractivity contribution in [3.8, 4) is 0 Å². The minimum absolute atomic E-state index is 0.0243. The van der Waals surface area contributed by atoms with Crippen molar-refractivity contribution < 1.29 is 4.79 Å². The predicted molar refractivity (Wildman–Crippen MR) is 72.7 cm³/mol. The van der Waals surface area contributed by atoms with Crippen LogP contribution in [0.5, 0.6) is 0 Å². The number of imidazole rings is 1. The van der Waals surface area contributed by atoms with Crippen molar-refractivity contribution in [2.75, 3.05) is 6.54 Å². The molecule has 0 fully saturated rings. The van der Waals surface area contributed by atoms with Crippen LogP contribution in [0.2, 0.25) is 0 Å². The molecule has 1 amide bonds. The molecule has 5 heteroatoms. The molecule has 2 rings (SSSR count). The maximum Gasteiger partial charge on any atom is 0.239 e. The number of rotatable bonds is 4. The van der Waals surface area contributed by atoms with E-state index in [1.54, 1.807) is 0 Å². The summed E-state index contributed by atoms with van der Waals surface area (Å²) in [6.07, 6.45) is 0. The van der Waals surface area contributed by atoms with Crippen molar-refractivity contribution in [1.82, 2.24) is 14.9 Å². The number of carbonyl (C=O) groups excluding carboxylic acids is 1. The number of alkyl halides is 1. The molecule has 0 bridgehead atoms. The molecule has 0 unspecified atom stereocenters. The molecule has 0 saturated heterocycles. The zero-order chi connectivity index (χ0) is 13.1. The molecule has 0 saturated carbocycles. The van der Waals surface area contributed by atoms with Crippen LogP contribution in [0.1, 0.15) is 18.3 Å². The number of nitrogens with zero attached hydrogens (tertiary/aromatic N) is 2. The summed E-state index contributed by atoms with van der Waals surface area (Å²) in [5.74, 6) is 1.000. The first-order valence-electron chi connectivity index (χ1n) is 5.94. The van der Waals surface area contributed by atoms with Gasteiger partial charge in [0.05, 0.1) is 16.9 Å². The van der Waals surface area contributed by atoms with E-state index in [-0.39, 0.29) is 12.5 Å². The number of hydrogen-bond donors (Lipinski definition) is 1. The van der Waals surface area contributed by atoms with Crippen molar-refractivity contribution in [1.29, 1.82) is 0 Å². The van der Waals surface area contributed by atoms with E-state index in [4.69, 9.17) is 11.6 Å². The van der Waals surface area contributed by atoms with Gasteiger partial charge in [0, 0.05) is 6.54 Å². The standard InChI is InChI=1S/C13H16ClN3O/c1-3-15-13(18)8-17-11-5-4-9(2)6-10(11)16-12(17)7-14/h4-6H,3,7-8H2,1-2H3,(H,15,18). The van der Waals surface area contributed by atoms with Crippen molar-refractivity contribution in [3.05, 3.63) is 29.6 Å². The van der Waals surface area contributed by atoms with Crippen LogP contribution >= 0.6 is 11.6 Å². The number of aromatic nitrogens is 2. The topological polar surface area (TPSA) is 46.9 Å². The molecule has 4 nitrogen and oxygen atoms in total. The fourth-order valence-electron chi connectivity index (χ4n) is 1.96. The molecule has 18 heavy (non-hydrogen) atoms. The third-order valence-corrected chi connectivity index (χ3v) is 3.02. The second-order valence-corrected chi connectivity index (χ2v) is 4.46. The van der Waals surface area contributed by atoms with E-state index in [1.807, 2.05) is 36.6 Å². The first-order valence-corrected chi connectivity index (χ1v) is 6.47. The predicted octanol–water partition coefficient (Wildman–Crippen LogP) is 2.22. The van der Waals surface area contributed by atoms with Gasteiger partial charge in [0.1, 0.15) is 12.4 Å². The lowest BCUT2D eigenvalue weighted by molar-refractivity contribution is -0.121. The Kier molecular flexibility index (Phi) is 3.87. The van der Waals surface area contributed by atoms with Crippen LogP contribution in [0.4, 0.5) is 0 Å². The number of amides is 1. The van der Waals surface area contributed by atoms with E-state index in [2.05, 4.69) is 10.3 Å². The summed E-state index contributed by atoms with van der Waals surface area (Å²) < 4.78 is 1.87. The van der Waals surface area contributed by atoms with Crippen LogP contribution in [-0.2, 0) is 17.2 Å². The Bertz CT molecular complexity index is 577. The molecule has 0 aliphatic heterocycles. The molecule has 2 aromatic rings. The molecule has 96 valence electrons. The molecule has 1 N–H and O–H groups in total. The van der Waals surface area contributed by atoms with Gasteiger partial charge in [-0.25, -0.2) is 4.98 Å². The Morgan fingerprint density at radius 1 is 1.50 bits per heavy atom. The first kappa shape index (κ1) is 12.9. The third kappa shape index (κ3) is 2.48. The molecular formula is C13H16ClN3O. The highest BCUT2D eigenvalue weighted by Crippen LogP contribution is 2.18. The largest absolute Gasteiger partial charge is 0.355 e. The van der Waals surface area contributed by atoms with Crippen molar-refractivity contribution in [2.45, 2.75) is 26.3 Å². The van der Waals surface area contributed by atoms with E-state index in [0.717, 1.165) is 22.4 Å². The number of likely N-dealkylation sites (N-methyl/N-ethyl adjacent to an activating group) is 1. The van der Waals surface area contributed by atoms with Gasteiger partial charge in [-0.05, 0) is 31.5 Å². The number of benzene rings is 1. The zero-order valence-corrected chi connectivity index (χ0v) is 11.3. The molecule has 0 spiro atoms. The summed E-state index contributed by atoms with van der Waals surface area (Å²) in [6, 6.07) is 5.99. The SMILES string of the molecule is CCNC(=O)Cn1c(CCl)nc2cc(C)ccc21. The fraction of sp³-hybridized carbons (Fsp3) is 0.385. The normalized spacial score (nSPS) is 10.8. The molecular weight excluding hydrogens is 250 g/mol. The van der Waals surface area contributed by atoms with Gasteiger partial charge >= 0.3 is 0 Å². The van der Waals surface area contributed by atoms with E-state index < -0.39 is 0 Å². The Morgan fingerprint density at radius 3 is 2.94 bits per heavy atom. The maximum absolute atomic E-state index is 11.7. The van der Waals surface area contributed by atoms with Gasteiger partial charge in [-0.15, -0.1) is 11.6 Å². The summed E-state index contributed by atoms with van der Waals surface area (Å²) in [6.45, 7) is 4.80. The summed E-state index contributed by atoms with van der Waals surface area (Å²) in [4.78, 5) is 16.1. The summed E-state index contributed by atoms with van der Waals surface area (Å²) in [5.41, 5.74) is 2.98. The zero-order valence-electron chi connectivity index (χ0n) is 10.5. The Balaban J connectivity index is 2.43. The number of fused-ring (bicyclic) bond motifs is 1. The highest BCUT2D eigenvalue weighted by molar-refractivity contribution is 6.16. The molecule has 1 heterocycles. The number of carbonyl (C=O) groups is 1. The average molecular weight is 266 g/mol. The monoisotopic (exact) mass is 265 g/mol. The second-order valence-electron chi connectivity index (χ2n) is 4.19. The van der Waals surface area contributed by atoms with Gasteiger partial charge in [0.25, 0.3) is 0 Å². The van der Waals surface area contributed by atoms with Gasteiger partial charge in [0.2, 0.25) is 5.91 Å². The van der Waals surface area contributed by atoms with Crippen LogP contribution in [0, 0.1) is 6.92 Å². The van der Waals surface area contributed by atoms with E-state index in [0.29, 0.717) is 12.4 Å².